The van der Waals surface area contributed by atoms with Gasteiger partial charge >= 0.3 is 0 Å². The first-order valence-electron chi connectivity index (χ1n) is 5.73. The molecule has 2 nitrogen and oxygen atoms in total. The standard InChI is InChI=1S/C13H15NO/c15-14-12-8-7-10-4-1-3-9-5-2-6-11(12)13(9)10/h2,5-6,10,15H,1,3-4,7-8H2/b14-12+. The highest BCUT2D eigenvalue weighted by atomic mass is 16.4. The zero-order valence-corrected chi connectivity index (χ0v) is 8.74. The smallest absolute Gasteiger partial charge is 0.0870 e. The summed E-state index contributed by atoms with van der Waals surface area (Å²) < 4.78 is 0. The molecule has 0 aromatic heterocycles. The summed E-state index contributed by atoms with van der Waals surface area (Å²) in [6.45, 7) is 0. The van der Waals surface area contributed by atoms with E-state index in [0.717, 1.165) is 24.5 Å². The summed E-state index contributed by atoms with van der Waals surface area (Å²) >= 11 is 0. The van der Waals surface area contributed by atoms with Crippen molar-refractivity contribution in [2.45, 2.75) is 38.0 Å². The molecule has 0 heterocycles. The van der Waals surface area contributed by atoms with Gasteiger partial charge in [-0.05, 0) is 49.1 Å². The molecule has 0 spiro atoms. The van der Waals surface area contributed by atoms with Gasteiger partial charge in [-0.25, -0.2) is 0 Å². The summed E-state index contributed by atoms with van der Waals surface area (Å²) in [5.74, 6) is 0.718. The van der Waals surface area contributed by atoms with Crippen molar-refractivity contribution >= 4 is 5.71 Å². The van der Waals surface area contributed by atoms with Gasteiger partial charge in [0, 0.05) is 5.56 Å². The molecule has 0 aliphatic heterocycles. The Morgan fingerprint density at radius 1 is 1.20 bits per heavy atom. The Balaban J connectivity index is 2.22. The molecular formula is C13H15NO. The van der Waals surface area contributed by atoms with Crippen LogP contribution in [0.4, 0.5) is 0 Å². The average Bonchev–Trinajstić information content (AvgIpc) is 2.30. The maximum Gasteiger partial charge on any atom is 0.0870 e. The third-order valence-electron chi connectivity index (χ3n) is 3.76. The Labute approximate surface area is 89.6 Å². The van der Waals surface area contributed by atoms with Gasteiger partial charge in [0.15, 0.2) is 0 Å². The minimum absolute atomic E-state index is 0.718. The zero-order chi connectivity index (χ0) is 10.3. The Morgan fingerprint density at radius 2 is 2.13 bits per heavy atom. The van der Waals surface area contributed by atoms with Crippen molar-refractivity contribution in [3.05, 3.63) is 34.9 Å². The fraction of sp³-hybridized carbons (Fsp3) is 0.462. The van der Waals surface area contributed by atoms with Gasteiger partial charge in [0.05, 0.1) is 5.71 Å². The van der Waals surface area contributed by atoms with E-state index in [1.54, 1.807) is 0 Å². The van der Waals surface area contributed by atoms with Gasteiger partial charge in [-0.15, -0.1) is 0 Å². The van der Waals surface area contributed by atoms with Crippen LogP contribution in [0.15, 0.2) is 23.4 Å². The predicted molar refractivity (Wildman–Crippen MR) is 59.7 cm³/mol. The van der Waals surface area contributed by atoms with Gasteiger partial charge in [-0.2, -0.15) is 0 Å². The second kappa shape index (κ2) is 3.37. The summed E-state index contributed by atoms with van der Waals surface area (Å²) in [6.07, 6.45) is 5.90. The van der Waals surface area contributed by atoms with Crippen LogP contribution >= 0.6 is 0 Å². The van der Waals surface area contributed by atoms with Crippen LogP contribution in [-0.4, -0.2) is 10.9 Å². The van der Waals surface area contributed by atoms with E-state index in [9.17, 15) is 0 Å². The van der Waals surface area contributed by atoms with E-state index < -0.39 is 0 Å². The zero-order valence-electron chi connectivity index (χ0n) is 8.74. The molecule has 0 fully saturated rings. The first kappa shape index (κ1) is 8.96. The Bertz CT molecular complexity index is 423. The maximum atomic E-state index is 8.99. The molecule has 78 valence electrons. The van der Waals surface area contributed by atoms with Crippen molar-refractivity contribution in [3.63, 3.8) is 0 Å². The van der Waals surface area contributed by atoms with E-state index in [-0.39, 0.29) is 0 Å². The lowest BCUT2D eigenvalue weighted by Crippen LogP contribution is -2.21. The number of nitrogens with zero attached hydrogens (tertiary/aromatic N) is 1. The molecule has 2 aliphatic rings. The summed E-state index contributed by atoms with van der Waals surface area (Å²) in [4.78, 5) is 0. The van der Waals surface area contributed by atoms with Crippen molar-refractivity contribution in [1.29, 1.82) is 0 Å². The summed E-state index contributed by atoms with van der Waals surface area (Å²) in [5.41, 5.74) is 5.03. The number of benzene rings is 1. The quantitative estimate of drug-likeness (QED) is 0.507. The van der Waals surface area contributed by atoms with Crippen molar-refractivity contribution in [1.82, 2.24) is 0 Å². The van der Waals surface area contributed by atoms with Crippen LogP contribution < -0.4 is 0 Å². The average molecular weight is 201 g/mol. The van der Waals surface area contributed by atoms with Crippen LogP contribution in [0.1, 0.15) is 48.3 Å². The Hall–Kier alpha value is -1.31. The lowest BCUT2D eigenvalue weighted by atomic mass is 9.73. The number of aryl methyl sites for hydroxylation is 1. The monoisotopic (exact) mass is 201 g/mol. The molecule has 0 bridgehead atoms. The third-order valence-corrected chi connectivity index (χ3v) is 3.76. The highest BCUT2D eigenvalue weighted by Gasteiger charge is 2.28. The van der Waals surface area contributed by atoms with Gasteiger partial charge in [0.2, 0.25) is 0 Å². The van der Waals surface area contributed by atoms with Gasteiger partial charge < -0.3 is 5.21 Å². The minimum Gasteiger partial charge on any atom is -0.411 e. The molecule has 2 heteroatoms. The SMILES string of the molecule is O/N=C1\CCC2CCCc3cccc1c32. The topological polar surface area (TPSA) is 32.6 Å². The summed E-state index contributed by atoms with van der Waals surface area (Å²) in [6, 6.07) is 6.42. The number of hydrogen-bond acceptors (Lipinski definition) is 2. The fourth-order valence-corrected chi connectivity index (χ4v) is 3.09. The van der Waals surface area contributed by atoms with Gasteiger partial charge in [-0.1, -0.05) is 23.4 Å². The van der Waals surface area contributed by atoms with Crippen LogP contribution in [0.3, 0.4) is 0 Å². The van der Waals surface area contributed by atoms with Crippen LogP contribution in [0, 0.1) is 0 Å². The van der Waals surface area contributed by atoms with E-state index in [2.05, 4.69) is 23.4 Å². The molecule has 1 atom stereocenters. The lowest BCUT2D eigenvalue weighted by molar-refractivity contribution is 0.316. The molecule has 0 saturated carbocycles. The molecule has 1 aromatic rings. The molecule has 1 unspecified atom stereocenters. The second-order valence-electron chi connectivity index (χ2n) is 4.55. The van der Waals surface area contributed by atoms with Gasteiger partial charge in [0.1, 0.15) is 0 Å². The number of oxime groups is 1. The molecule has 0 amide bonds. The number of hydrogen-bond donors (Lipinski definition) is 1. The van der Waals surface area contributed by atoms with E-state index in [1.807, 2.05) is 0 Å². The lowest BCUT2D eigenvalue weighted by Gasteiger charge is -2.32. The predicted octanol–water partition coefficient (Wildman–Crippen LogP) is 3.08. The molecular weight excluding hydrogens is 186 g/mol. The molecule has 0 radical (unpaired) electrons. The molecule has 0 saturated heterocycles. The van der Waals surface area contributed by atoms with Crippen molar-refractivity contribution in [2.24, 2.45) is 5.16 Å². The van der Waals surface area contributed by atoms with E-state index in [1.165, 1.54) is 36.0 Å². The second-order valence-corrected chi connectivity index (χ2v) is 4.55. The van der Waals surface area contributed by atoms with Crippen LogP contribution in [0.2, 0.25) is 0 Å². The maximum absolute atomic E-state index is 8.99. The van der Waals surface area contributed by atoms with E-state index in [4.69, 9.17) is 5.21 Å². The molecule has 15 heavy (non-hydrogen) atoms. The largest absolute Gasteiger partial charge is 0.411 e. The Kier molecular flexibility index (Phi) is 2.01. The normalized spacial score (nSPS) is 26.4. The minimum atomic E-state index is 0.718. The molecule has 1 N–H and O–H groups in total. The molecule has 2 aliphatic carbocycles. The van der Waals surface area contributed by atoms with Crippen molar-refractivity contribution in [3.8, 4) is 0 Å². The summed E-state index contributed by atoms with van der Waals surface area (Å²) in [5, 5.41) is 12.4. The molecule has 1 aromatic carbocycles. The van der Waals surface area contributed by atoms with Gasteiger partial charge in [0.25, 0.3) is 0 Å². The molecule has 3 rings (SSSR count). The first-order chi connectivity index (χ1) is 7.40. The van der Waals surface area contributed by atoms with Crippen LogP contribution in [0.5, 0.6) is 0 Å². The van der Waals surface area contributed by atoms with Crippen molar-refractivity contribution < 1.29 is 5.21 Å². The van der Waals surface area contributed by atoms with E-state index in [0.29, 0.717) is 0 Å². The van der Waals surface area contributed by atoms with Crippen LogP contribution in [0.25, 0.3) is 0 Å². The third kappa shape index (κ3) is 1.28. The highest BCUT2D eigenvalue weighted by molar-refractivity contribution is 6.03. The van der Waals surface area contributed by atoms with Gasteiger partial charge in [-0.3, -0.25) is 0 Å². The summed E-state index contributed by atoms with van der Waals surface area (Å²) in [7, 11) is 0. The van der Waals surface area contributed by atoms with E-state index >= 15 is 0 Å². The van der Waals surface area contributed by atoms with Crippen LogP contribution in [-0.2, 0) is 6.42 Å². The first-order valence-corrected chi connectivity index (χ1v) is 5.73. The van der Waals surface area contributed by atoms with Crippen molar-refractivity contribution in [2.75, 3.05) is 0 Å². The highest BCUT2D eigenvalue weighted by Crippen LogP contribution is 2.41. The Morgan fingerprint density at radius 3 is 3.00 bits per heavy atom. The fourth-order valence-electron chi connectivity index (χ4n) is 3.09. The number of rotatable bonds is 0.